The minimum Gasteiger partial charge on any atom is -0.312 e. The lowest BCUT2D eigenvalue weighted by Crippen LogP contribution is -2.10. The van der Waals surface area contributed by atoms with Gasteiger partial charge in [0.05, 0.1) is 51.3 Å². The topological polar surface area (TPSA) is 43.5 Å². The van der Waals surface area contributed by atoms with Crippen molar-refractivity contribution < 1.29 is 0 Å². The van der Waals surface area contributed by atoms with Gasteiger partial charge in [0, 0.05) is 88.3 Å². The van der Waals surface area contributed by atoms with Crippen molar-refractivity contribution in [3.63, 3.8) is 0 Å². The third-order valence-electron chi connectivity index (χ3n) is 15.1. The fourth-order valence-corrected chi connectivity index (χ4v) is 12.2. The van der Waals surface area contributed by atoms with E-state index in [-0.39, 0.29) is 0 Å². The molecule has 0 spiro atoms. The first-order valence-electron chi connectivity index (χ1n) is 24.9. The first kappa shape index (κ1) is 41.4. The number of aromatic nitrogens is 2. The molecule has 6 heteroatoms. The fraction of sp³-hybridized carbons (Fsp3) is 0. The largest absolute Gasteiger partial charge is 0.312 e. The minimum atomic E-state index is 0.591. The molecule has 0 saturated heterocycles. The average molecular weight is 941 g/mol. The van der Waals surface area contributed by atoms with Gasteiger partial charge in [0.15, 0.2) is 5.69 Å². The molecular weight excluding hydrogens is 901 g/mol. The van der Waals surface area contributed by atoms with E-state index in [1.54, 1.807) is 0 Å². The van der Waals surface area contributed by atoms with Crippen LogP contribution in [0.3, 0.4) is 0 Å². The Morgan fingerprint density at radius 2 is 0.757 bits per heavy atom. The summed E-state index contributed by atoms with van der Waals surface area (Å²) in [6.45, 7) is 7.91. The zero-order valence-corrected chi connectivity index (χ0v) is 39.8. The van der Waals surface area contributed by atoms with Gasteiger partial charge in [-0.2, -0.15) is 5.26 Å². The van der Waals surface area contributed by atoms with E-state index in [1.165, 1.54) is 65.3 Å². The summed E-state index contributed by atoms with van der Waals surface area (Å²) in [7, 11) is 0. The van der Waals surface area contributed by atoms with Gasteiger partial charge < -0.3 is 18.6 Å². The molecule has 0 fully saturated rings. The third kappa shape index (κ3) is 5.91. The molecule has 0 N–H and O–H groups in total. The maximum absolute atomic E-state index is 10.1. The Balaban J connectivity index is 1.12. The molecule has 15 aromatic rings. The molecular formula is C68H40N6. The highest BCUT2D eigenvalue weighted by Crippen LogP contribution is 2.55. The van der Waals surface area contributed by atoms with Crippen molar-refractivity contribution >= 4 is 116 Å². The molecule has 11 aromatic carbocycles. The third-order valence-corrected chi connectivity index (χ3v) is 15.1. The van der Waals surface area contributed by atoms with E-state index in [0.717, 1.165) is 67.3 Å². The fourth-order valence-electron chi connectivity index (χ4n) is 12.2. The van der Waals surface area contributed by atoms with Gasteiger partial charge in [0.1, 0.15) is 0 Å². The van der Waals surface area contributed by atoms with Crippen LogP contribution < -0.4 is 9.80 Å². The number of anilines is 6. The van der Waals surface area contributed by atoms with Crippen LogP contribution in [0.1, 0.15) is 5.56 Å². The Hall–Kier alpha value is -10.4. The predicted molar refractivity (Wildman–Crippen MR) is 307 cm³/mol. The summed E-state index contributed by atoms with van der Waals surface area (Å²) in [6, 6.07) is 88.3. The molecule has 4 aromatic heterocycles. The average Bonchev–Trinajstić information content (AvgIpc) is 4.24. The zero-order chi connectivity index (χ0) is 49.0. The van der Waals surface area contributed by atoms with Crippen molar-refractivity contribution in [2.75, 3.05) is 9.80 Å². The SMILES string of the molecule is [C-]#[N+]c1cccc(N(c2ccccc2)c2ccc3c4cccc5c6c(-c7ccccc7)c7c(c(-c8ccccc8)c6n(c3c2)c45)c2cccc3c4ccc(N(c5ccccc5)c5cccc(C#N)c5)cc4n7c32)c1. The van der Waals surface area contributed by atoms with E-state index in [1.807, 2.05) is 48.5 Å². The summed E-state index contributed by atoms with van der Waals surface area (Å²) in [5.74, 6) is 0. The van der Waals surface area contributed by atoms with Crippen LogP contribution in [0, 0.1) is 17.9 Å². The molecule has 0 saturated carbocycles. The van der Waals surface area contributed by atoms with Crippen LogP contribution >= 0.6 is 0 Å². The number of nitriles is 1. The Morgan fingerprint density at radius 3 is 1.23 bits per heavy atom. The number of benzene rings is 11. The molecule has 0 aliphatic heterocycles. The number of hydrogen-bond donors (Lipinski definition) is 0. The highest BCUT2D eigenvalue weighted by Gasteiger charge is 2.31. The Kier molecular flexibility index (Phi) is 8.99. The second-order valence-electron chi connectivity index (χ2n) is 19.0. The van der Waals surface area contributed by atoms with Crippen LogP contribution in [0.25, 0.3) is 103 Å². The first-order valence-corrected chi connectivity index (χ1v) is 24.9. The molecule has 0 bridgehead atoms. The van der Waals surface area contributed by atoms with Gasteiger partial charge in [0.25, 0.3) is 0 Å². The minimum absolute atomic E-state index is 0.591. The summed E-state index contributed by atoms with van der Waals surface area (Å²) in [4.78, 5) is 8.35. The summed E-state index contributed by atoms with van der Waals surface area (Å²) in [5.41, 5.74) is 18.6. The Bertz CT molecular complexity index is 4490. The monoisotopic (exact) mass is 940 g/mol. The van der Waals surface area contributed by atoms with Crippen LogP contribution in [0.15, 0.2) is 243 Å². The van der Waals surface area contributed by atoms with Crippen LogP contribution in [0.2, 0.25) is 0 Å². The van der Waals surface area contributed by atoms with Crippen molar-refractivity contribution in [1.82, 2.24) is 8.80 Å². The van der Waals surface area contributed by atoms with Crippen LogP contribution in [-0.4, -0.2) is 8.80 Å². The number of fused-ring (bicyclic) bond motifs is 12. The van der Waals surface area contributed by atoms with Gasteiger partial charge in [-0.05, 0) is 90.0 Å². The highest BCUT2D eigenvalue weighted by atomic mass is 15.2. The standard InChI is InChI=1S/C68H40N6/c1-70-46-23-15-29-50(39-46)72(48-26-12-5-13-27-48)52-35-37-54-56-31-17-33-58-64-61(44-19-6-2-7-20-44)67-63(62(45-21-8-3-9-22-45)68(64)74(66(56)58)60(54)41-52)57-32-16-30-55-53-36-34-51(40-59(53)73(67)65(55)57)71(47-24-10-4-11-25-47)49-28-14-18-43(38-49)42-69/h2-41H. The smallest absolute Gasteiger partial charge is 0.189 e. The molecule has 0 unspecified atom stereocenters. The molecule has 0 amide bonds. The molecule has 0 aliphatic carbocycles. The summed E-state index contributed by atoms with van der Waals surface area (Å²) >= 11 is 0. The van der Waals surface area contributed by atoms with Gasteiger partial charge in [-0.1, -0.05) is 164 Å². The van der Waals surface area contributed by atoms with Gasteiger partial charge in [0.2, 0.25) is 0 Å². The van der Waals surface area contributed by atoms with Gasteiger partial charge in [-0.25, -0.2) is 4.85 Å². The summed E-state index contributed by atoms with van der Waals surface area (Å²) in [5, 5.41) is 19.6. The number of hydrogen-bond acceptors (Lipinski definition) is 3. The molecule has 6 nitrogen and oxygen atoms in total. The van der Waals surface area contributed by atoms with Crippen molar-refractivity contribution in [2.45, 2.75) is 0 Å². The highest BCUT2D eigenvalue weighted by molar-refractivity contribution is 6.38. The van der Waals surface area contributed by atoms with Gasteiger partial charge >= 0.3 is 0 Å². The molecule has 4 heterocycles. The van der Waals surface area contributed by atoms with Crippen molar-refractivity contribution in [2.24, 2.45) is 0 Å². The van der Waals surface area contributed by atoms with E-state index >= 15 is 0 Å². The lowest BCUT2D eigenvalue weighted by Gasteiger charge is -2.26. The lowest BCUT2D eigenvalue weighted by molar-refractivity contribution is 1.28. The van der Waals surface area contributed by atoms with E-state index in [4.69, 9.17) is 6.57 Å². The summed E-state index contributed by atoms with van der Waals surface area (Å²) < 4.78 is 5.12. The predicted octanol–water partition coefficient (Wildman–Crippen LogP) is 18.7. The first-order chi connectivity index (χ1) is 36.7. The number of para-hydroxylation sites is 4. The molecule has 15 rings (SSSR count). The van der Waals surface area contributed by atoms with E-state index < -0.39 is 0 Å². The quantitative estimate of drug-likeness (QED) is 0.143. The summed E-state index contributed by atoms with van der Waals surface area (Å²) in [6.07, 6.45) is 0. The molecule has 0 aliphatic rings. The maximum atomic E-state index is 10.1. The van der Waals surface area contributed by atoms with Crippen molar-refractivity contribution in [1.29, 1.82) is 5.26 Å². The van der Waals surface area contributed by atoms with Crippen LogP contribution in [0.4, 0.5) is 39.8 Å². The molecule has 342 valence electrons. The van der Waals surface area contributed by atoms with E-state index in [2.05, 4.69) is 224 Å². The maximum Gasteiger partial charge on any atom is 0.189 e. The lowest BCUT2D eigenvalue weighted by atomic mass is 9.89. The second-order valence-corrected chi connectivity index (χ2v) is 19.0. The van der Waals surface area contributed by atoms with Gasteiger partial charge in [-0.15, -0.1) is 0 Å². The zero-order valence-electron chi connectivity index (χ0n) is 39.8. The van der Waals surface area contributed by atoms with Gasteiger partial charge in [-0.3, -0.25) is 0 Å². The van der Waals surface area contributed by atoms with Crippen molar-refractivity contribution in [3.8, 4) is 28.3 Å². The molecule has 0 radical (unpaired) electrons. The molecule has 74 heavy (non-hydrogen) atoms. The Labute approximate surface area is 425 Å². The Morgan fingerprint density at radius 1 is 0.351 bits per heavy atom. The van der Waals surface area contributed by atoms with Crippen LogP contribution in [0.5, 0.6) is 0 Å². The van der Waals surface area contributed by atoms with E-state index in [9.17, 15) is 5.26 Å². The number of rotatable bonds is 8. The van der Waals surface area contributed by atoms with E-state index in [0.29, 0.717) is 11.3 Å². The molecule has 0 atom stereocenters. The van der Waals surface area contributed by atoms with Crippen LogP contribution in [-0.2, 0) is 0 Å². The number of nitrogens with zero attached hydrogens (tertiary/aromatic N) is 6. The second kappa shape index (κ2) is 16.1. The normalized spacial score (nSPS) is 11.8. The van der Waals surface area contributed by atoms with Crippen molar-refractivity contribution in [3.05, 3.63) is 260 Å².